The second-order valence-corrected chi connectivity index (χ2v) is 6.82. The molecule has 1 fully saturated rings. The number of aryl methyl sites for hydroxylation is 2. The van der Waals surface area contributed by atoms with Gasteiger partial charge in [0.1, 0.15) is 16.2 Å². The maximum Gasteiger partial charge on any atom is 0.164 e. The molecule has 0 saturated heterocycles. The Morgan fingerprint density at radius 2 is 2.05 bits per heavy atom. The number of rotatable bonds is 3. The molecule has 4 nitrogen and oxygen atoms in total. The molecule has 0 bridgehead atoms. The van der Waals surface area contributed by atoms with E-state index < -0.39 is 0 Å². The quantitative estimate of drug-likeness (QED) is 0.942. The van der Waals surface area contributed by atoms with Crippen LogP contribution in [0.1, 0.15) is 41.9 Å². The van der Waals surface area contributed by atoms with Crippen LogP contribution >= 0.6 is 11.3 Å². The normalized spacial score (nSPS) is 19.9. The standard InChI is InChI=1S/C15H19N3OS/c1-16-12-11-9-5-3-6-10(9)20-13(11)18-14(17-12)15(19-2)7-4-8-15/h3-8H2,1-2H3,(H,16,17,18). The van der Waals surface area contributed by atoms with E-state index in [1.54, 1.807) is 7.11 Å². The Bertz CT molecular complexity index is 670. The Morgan fingerprint density at radius 3 is 2.70 bits per heavy atom. The number of fused-ring (bicyclic) bond motifs is 3. The molecule has 0 radical (unpaired) electrons. The molecule has 0 unspecified atom stereocenters. The molecule has 2 aromatic heterocycles. The zero-order chi connectivity index (χ0) is 13.7. The van der Waals surface area contributed by atoms with Crippen molar-refractivity contribution in [1.82, 2.24) is 9.97 Å². The van der Waals surface area contributed by atoms with Crippen LogP contribution in [0.3, 0.4) is 0 Å². The summed E-state index contributed by atoms with van der Waals surface area (Å²) in [6.45, 7) is 0. The van der Waals surface area contributed by atoms with Gasteiger partial charge >= 0.3 is 0 Å². The van der Waals surface area contributed by atoms with Gasteiger partial charge in [-0.1, -0.05) is 0 Å². The number of ether oxygens (including phenoxy) is 1. The van der Waals surface area contributed by atoms with Gasteiger partial charge in [0.2, 0.25) is 0 Å². The van der Waals surface area contributed by atoms with Crippen molar-refractivity contribution in [1.29, 1.82) is 0 Å². The molecule has 106 valence electrons. The second kappa shape index (κ2) is 4.40. The van der Waals surface area contributed by atoms with E-state index in [2.05, 4.69) is 5.32 Å². The Labute approximate surface area is 122 Å². The van der Waals surface area contributed by atoms with E-state index in [-0.39, 0.29) is 5.60 Å². The van der Waals surface area contributed by atoms with Crippen molar-refractivity contribution in [3.8, 4) is 0 Å². The number of nitrogens with one attached hydrogen (secondary N) is 1. The van der Waals surface area contributed by atoms with Crippen LogP contribution in [0, 0.1) is 0 Å². The first kappa shape index (κ1) is 12.5. The highest BCUT2D eigenvalue weighted by Crippen LogP contribution is 2.45. The summed E-state index contributed by atoms with van der Waals surface area (Å²) >= 11 is 1.84. The highest BCUT2D eigenvalue weighted by Gasteiger charge is 2.42. The van der Waals surface area contributed by atoms with E-state index in [1.807, 2.05) is 18.4 Å². The van der Waals surface area contributed by atoms with E-state index >= 15 is 0 Å². The Balaban J connectivity index is 1.93. The third-order valence-electron chi connectivity index (χ3n) is 4.76. The fourth-order valence-corrected chi connectivity index (χ4v) is 4.66. The first-order valence-electron chi connectivity index (χ1n) is 7.33. The van der Waals surface area contributed by atoms with Gasteiger partial charge in [0, 0.05) is 19.0 Å². The van der Waals surface area contributed by atoms with Crippen molar-refractivity contribution < 1.29 is 4.74 Å². The second-order valence-electron chi connectivity index (χ2n) is 5.74. The largest absolute Gasteiger partial charge is 0.372 e. The van der Waals surface area contributed by atoms with Crippen LogP contribution in [-0.2, 0) is 23.2 Å². The summed E-state index contributed by atoms with van der Waals surface area (Å²) in [6, 6.07) is 0. The monoisotopic (exact) mass is 289 g/mol. The first-order valence-corrected chi connectivity index (χ1v) is 8.15. The van der Waals surface area contributed by atoms with Crippen LogP contribution in [0.5, 0.6) is 0 Å². The number of aromatic nitrogens is 2. The average Bonchev–Trinajstić information content (AvgIpc) is 2.97. The number of hydrogen-bond acceptors (Lipinski definition) is 5. The van der Waals surface area contributed by atoms with Crippen molar-refractivity contribution in [2.75, 3.05) is 19.5 Å². The number of hydrogen-bond donors (Lipinski definition) is 1. The molecule has 0 spiro atoms. The van der Waals surface area contributed by atoms with Gasteiger partial charge in [-0.15, -0.1) is 11.3 Å². The van der Waals surface area contributed by atoms with Gasteiger partial charge in [-0.3, -0.25) is 0 Å². The summed E-state index contributed by atoms with van der Waals surface area (Å²) in [5.74, 6) is 1.84. The first-order chi connectivity index (χ1) is 9.77. The summed E-state index contributed by atoms with van der Waals surface area (Å²) in [7, 11) is 3.73. The zero-order valence-electron chi connectivity index (χ0n) is 12.0. The van der Waals surface area contributed by atoms with Gasteiger partial charge in [-0.25, -0.2) is 9.97 Å². The topological polar surface area (TPSA) is 47.0 Å². The molecule has 2 aromatic rings. The summed E-state index contributed by atoms with van der Waals surface area (Å²) in [6.07, 6.45) is 6.90. The lowest BCUT2D eigenvalue weighted by Crippen LogP contribution is -2.38. The van der Waals surface area contributed by atoms with Gasteiger partial charge in [0.25, 0.3) is 0 Å². The van der Waals surface area contributed by atoms with E-state index in [1.165, 1.54) is 41.5 Å². The minimum Gasteiger partial charge on any atom is -0.372 e. The summed E-state index contributed by atoms with van der Waals surface area (Å²) in [5, 5.41) is 4.52. The molecule has 0 amide bonds. The van der Waals surface area contributed by atoms with E-state index in [4.69, 9.17) is 14.7 Å². The van der Waals surface area contributed by atoms with E-state index in [0.29, 0.717) is 0 Å². The number of anilines is 1. The summed E-state index contributed by atoms with van der Waals surface area (Å²) in [5.41, 5.74) is 1.23. The molecule has 0 atom stereocenters. The Hall–Kier alpha value is -1.20. The van der Waals surface area contributed by atoms with Gasteiger partial charge in [-0.05, 0) is 44.1 Å². The van der Waals surface area contributed by atoms with Crippen LogP contribution in [0.15, 0.2) is 0 Å². The maximum atomic E-state index is 5.74. The minimum absolute atomic E-state index is 0.242. The van der Waals surface area contributed by atoms with Crippen molar-refractivity contribution in [2.24, 2.45) is 0 Å². The third-order valence-corrected chi connectivity index (χ3v) is 5.95. The third kappa shape index (κ3) is 1.56. The molecule has 2 aliphatic carbocycles. The molecular weight excluding hydrogens is 270 g/mol. The summed E-state index contributed by atoms with van der Waals surface area (Å²) < 4.78 is 5.74. The lowest BCUT2D eigenvalue weighted by Gasteiger charge is -2.38. The molecule has 0 aliphatic heterocycles. The molecule has 0 aromatic carbocycles. The SMILES string of the molecule is CNc1nc(C2(OC)CCC2)nc2sc3c(c12)CCC3. The van der Waals surface area contributed by atoms with Gasteiger partial charge in [-0.2, -0.15) is 0 Å². The smallest absolute Gasteiger partial charge is 0.164 e. The molecule has 5 heteroatoms. The lowest BCUT2D eigenvalue weighted by atomic mass is 9.79. The predicted molar refractivity (Wildman–Crippen MR) is 81.5 cm³/mol. The average molecular weight is 289 g/mol. The predicted octanol–water partition coefficient (Wildman–Crippen LogP) is 3.25. The maximum absolute atomic E-state index is 5.74. The minimum atomic E-state index is -0.242. The fraction of sp³-hybridized carbons (Fsp3) is 0.600. The van der Waals surface area contributed by atoms with Crippen LogP contribution in [0.4, 0.5) is 5.82 Å². The van der Waals surface area contributed by atoms with Crippen LogP contribution in [0.25, 0.3) is 10.2 Å². The van der Waals surface area contributed by atoms with Gasteiger partial charge < -0.3 is 10.1 Å². The Kier molecular flexibility index (Phi) is 2.76. The molecule has 2 heterocycles. The molecule has 1 N–H and O–H groups in total. The van der Waals surface area contributed by atoms with Crippen molar-refractivity contribution >= 4 is 27.4 Å². The number of methoxy groups -OCH3 is 1. The molecular formula is C15H19N3OS. The fourth-order valence-electron chi connectivity index (χ4n) is 3.40. The van der Waals surface area contributed by atoms with Crippen molar-refractivity contribution in [3.05, 3.63) is 16.3 Å². The zero-order valence-corrected chi connectivity index (χ0v) is 12.8. The van der Waals surface area contributed by atoms with Gasteiger partial charge in [0.05, 0.1) is 5.39 Å². The van der Waals surface area contributed by atoms with E-state index in [9.17, 15) is 0 Å². The number of nitrogens with zero attached hydrogens (tertiary/aromatic N) is 2. The molecule has 2 aliphatic rings. The Morgan fingerprint density at radius 1 is 1.20 bits per heavy atom. The molecule has 4 rings (SSSR count). The van der Waals surface area contributed by atoms with Gasteiger partial charge in [0.15, 0.2) is 5.82 Å². The lowest BCUT2D eigenvalue weighted by molar-refractivity contribution is -0.0842. The van der Waals surface area contributed by atoms with Crippen LogP contribution in [0.2, 0.25) is 0 Å². The van der Waals surface area contributed by atoms with Crippen LogP contribution < -0.4 is 5.32 Å². The highest BCUT2D eigenvalue weighted by molar-refractivity contribution is 7.19. The van der Waals surface area contributed by atoms with Crippen LogP contribution in [-0.4, -0.2) is 24.1 Å². The summed E-state index contributed by atoms with van der Waals surface area (Å²) in [4.78, 5) is 12.3. The van der Waals surface area contributed by atoms with E-state index in [0.717, 1.165) is 29.3 Å². The highest BCUT2D eigenvalue weighted by atomic mass is 32.1. The molecule has 1 saturated carbocycles. The van der Waals surface area contributed by atoms with Crippen molar-refractivity contribution in [3.63, 3.8) is 0 Å². The van der Waals surface area contributed by atoms with Crippen molar-refractivity contribution in [2.45, 2.75) is 44.1 Å². The molecule has 20 heavy (non-hydrogen) atoms. The number of thiophene rings is 1.